The van der Waals surface area contributed by atoms with Crippen molar-refractivity contribution in [1.82, 2.24) is 9.78 Å². The average Bonchev–Trinajstić information content (AvgIpc) is 2.85. The van der Waals surface area contributed by atoms with E-state index in [1.807, 2.05) is 20.2 Å². The topological polar surface area (TPSA) is 88.5 Å². The maximum atomic E-state index is 14.0. The number of halogens is 1. The number of nitrogens with one attached hydrogen (secondary N) is 1. The van der Waals surface area contributed by atoms with Crippen LogP contribution in [0.15, 0.2) is 29.6 Å². The zero-order valence-electron chi connectivity index (χ0n) is 12.0. The number of benzene rings is 1. The zero-order chi connectivity index (χ0) is 15.4. The SMILES string of the molecule is CCc1nn(C)cc1NCc1ccc(/C(N)=N/O)cc1F. The minimum absolute atomic E-state index is 0.117. The van der Waals surface area contributed by atoms with Gasteiger partial charge in [-0.3, -0.25) is 4.68 Å². The molecule has 112 valence electrons. The number of oxime groups is 1. The van der Waals surface area contributed by atoms with Crippen molar-refractivity contribution in [3.05, 3.63) is 47.0 Å². The molecule has 0 aliphatic heterocycles. The highest BCUT2D eigenvalue weighted by Crippen LogP contribution is 2.17. The Bertz CT molecular complexity index is 665. The Hall–Kier alpha value is -2.57. The molecule has 0 bridgehead atoms. The van der Waals surface area contributed by atoms with Crippen LogP contribution >= 0.6 is 0 Å². The fraction of sp³-hybridized carbons (Fsp3) is 0.286. The number of nitrogens with zero attached hydrogens (tertiary/aromatic N) is 3. The summed E-state index contributed by atoms with van der Waals surface area (Å²) < 4.78 is 15.7. The fourth-order valence-electron chi connectivity index (χ4n) is 2.04. The molecule has 0 saturated carbocycles. The van der Waals surface area contributed by atoms with Crippen molar-refractivity contribution >= 4 is 11.5 Å². The largest absolute Gasteiger partial charge is 0.409 e. The number of aryl methyl sites for hydroxylation is 2. The first-order valence-electron chi connectivity index (χ1n) is 6.57. The summed E-state index contributed by atoms with van der Waals surface area (Å²) >= 11 is 0. The van der Waals surface area contributed by atoms with Crippen LogP contribution in [0.5, 0.6) is 0 Å². The van der Waals surface area contributed by atoms with E-state index in [-0.39, 0.29) is 5.84 Å². The Labute approximate surface area is 122 Å². The van der Waals surface area contributed by atoms with Gasteiger partial charge < -0.3 is 16.3 Å². The molecule has 7 heteroatoms. The van der Waals surface area contributed by atoms with E-state index < -0.39 is 5.82 Å². The van der Waals surface area contributed by atoms with E-state index >= 15 is 0 Å². The maximum absolute atomic E-state index is 14.0. The Morgan fingerprint density at radius 2 is 2.29 bits per heavy atom. The molecule has 0 aliphatic rings. The quantitative estimate of drug-likeness (QED) is 0.339. The molecule has 6 nitrogen and oxygen atoms in total. The molecule has 2 rings (SSSR count). The molecule has 21 heavy (non-hydrogen) atoms. The molecule has 0 unspecified atom stereocenters. The first-order chi connectivity index (χ1) is 10.0. The molecular weight excluding hydrogens is 273 g/mol. The van der Waals surface area contributed by atoms with Gasteiger partial charge in [-0.25, -0.2) is 4.39 Å². The number of anilines is 1. The standard InChI is InChI=1S/C14H18FN5O/c1-3-12-13(8-20(2)18-12)17-7-10-5-4-9(6-11(10)15)14(16)19-21/h4-6,8,17,21H,3,7H2,1-2H3,(H2,16,19). The van der Waals surface area contributed by atoms with Gasteiger partial charge in [0, 0.05) is 30.9 Å². The minimum Gasteiger partial charge on any atom is -0.409 e. The molecule has 0 spiro atoms. The fourth-order valence-corrected chi connectivity index (χ4v) is 2.04. The second-order valence-corrected chi connectivity index (χ2v) is 4.66. The van der Waals surface area contributed by atoms with Crippen LogP contribution in [0.4, 0.5) is 10.1 Å². The molecule has 4 N–H and O–H groups in total. The van der Waals surface area contributed by atoms with Gasteiger partial charge in [0.15, 0.2) is 5.84 Å². The van der Waals surface area contributed by atoms with Crippen LogP contribution in [0.1, 0.15) is 23.7 Å². The molecule has 1 aromatic carbocycles. The van der Waals surface area contributed by atoms with Crippen LogP contribution in [-0.4, -0.2) is 20.8 Å². The first kappa shape index (κ1) is 14.8. The van der Waals surface area contributed by atoms with Gasteiger partial charge >= 0.3 is 0 Å². The summed E-state index contributed by atoms with van der Waals surface area (Å²) in [5.41, 5.74) is 8.09. The molecule has 0 saturated heterocycles. The summed E-state index contributed by atoms with van der Waals surface area (Å²) in [6.45, 7) is 2.35. The highest BCUT2D eigenvalue weighted by molar-refractivity contribution is 5.97. The highest BCUT2D eigenvalue weighted by atomic mass is 19.1. The molecule has 0 aliphatic carbocycles. The molecule has 0 radical (unpaired) electrons. The maximum Gasteiger partial charge on any atom is 0.170 e. The van der Waals surface area contributed by atoms with Gasteiger partial charge in [-0.15, -0.1) is 0 Å². The van der Waals surface area contributed by atoms with Crippen molar-refractivity contribution in [3.8, 4) is 0 Å². The Morgan fingerprint density at radius 1 is 1.52 bits per heavy atom. The third-order valence-corrected chi connectivity index (χ3v) is 3.17. The number of hydrogen-bond acceptors (Lipinski definition) is 4. The predicted octanol–water partition coefficient (Wildman–Crippen LogP) is 1.83. The second-order valence-electron chi connectivity index (χ2n) is 4.66. The lowest BCUT2D eigenvalue weighted by Gasteiger charge is -2.08. The molecule has 0 amide bonds. The van der Waals surface area contributed by atoms with E-state index in [9.17, 15) is 4.39 Å². The van der Waals surface area contributed by atoms with Gasteiger partial charge in [-0.1, -0.05) is 24.2 Å². The average molecular weight is 291 g/mol. The molecule has 0 fully saturated rings. The van der Waals surface area contributed by atoms with E-state index in [1.54, 1.807) is 16.8 Å². The van der Waals surface area contributed by atoms with Crippen LogP contribution in [0, 0.1) is 5.82 Å². The molecule has 1 heterocycles. The van der Waals surface area contributed by atoms with Crippen molar-refractivity contribution in [1.29, 1.82) is 0 Å². The number of nitrogens with two attached hydrogens (primary N) is 1. The number of rotatable bonds is 5. The van der Waals surface area contributed by atoms with Gasteiger partial charge in [0.1, 0.15) is 5.82 Å². The summed E-state index contributed by atoms with van der Waals surface area (Å²) in [5, 5.41) is 18.9. The smallest absolute Gasteiger partial charge is 0.170 e. The molecular formula is C14H18FN5O. The van der Waals surface area contributed by atoms with Crippen LogP contribution in [-0.2, 0) is 20.0 Å². The van der Waals surface area contributed by atoms with Gasteiger partial charge in [0.2, 0.25) is 0 Å². The lowest BCUT2D eigenvalue weighted by Crippen LogP contribution is -2.14. The normalized spacial score (nSPS) is 11.7. The number of hydrogen-bond donors (Lipinski definition) is 3. The summed E-state index contributed by atoms with van der Waals surface area (Å²) in [5.74, 6) is -0.525. The highest BCUT2D eigenvalue weighted by Gasteiger charge is 2.09. The van der Waals surface area contributed by atoms with Crippen molar-refractivity contribution in [2.24, 2.45) is 17.9 Å². The van der Waals surface area contributed by atoms with E-state index in [1.165, 1.54) is 6.07 Å². The van der Waals surface area contributed by atoms with Gasteiger partial charge in [-0.05, 0) is 12.5 Å². The van der Waals surface area contributed by atoms with E-state index in [0.717, 1.165) is 17.8 Å². The van der Waals surface area contributed by atoms with E-state index in [0.29, 0.717) is 17.7 Å². The zero-order valence-corrected chi connectivity index (χ0v) is 12.0. The van der Waals surface area contributed by atoms with Gasteiger partial charge in [-0.2, -0.15) is 5.10 Å². The Kier molecular flexibility index (Phi) is 4.42. The lowest BCUT2D eigenvalue weighted by molar-refractivity contribution is 0.318. The summed E-state index contributed by atoms with van der Waals surface area (Å²) in [6, 6.07) is 4.47. The second kappa shape index (κ2) is 6.25. The first-order valence-corrected chi connectivity index (χ1v) is 6.57. The lowest BCUT2D eigenvalue weighted by atomic mass is 10.1. The molecule has 2 aromatic rings. The van der Waals surface area contributed by atoms with Crippen molar-refractivity contribution in [3.63, 3.8) is 0 Å². The summed E-state index contributed by atoms with van der Waals surface area (Å²) in [4.78, 5) is 0. The van der Waals surface area contributed by atoms with Crippen LogP contribution in [0.2, 0.25) is 0 Å². The molecule has 1 aromatic heterocycles. The third kappa shape index (κ3) is 3.31. The minimum atomic E-state index is -0.409. The van der Waals surface area contributed by atoms with Crippen molar-refractivity contribution in [2.45, 2.75) is 19.9 Å². The van der Waals surface area contributed by atoms with E-state index in [4.69, 9.17) is 10.9 Å². The summed E-state index contributed by atoms with van der Waals surface area (Å²) in [6.07, 6.45) is 2.66. The van der Waals surface area contributed by atoms with E-state index in [2.05, 4.69) is 15.6 Å². The van der Waals surface area contributed by atoms with Crippen molar-refractivity contribution < 1.29 is 9.60 Å². The Balaban J connectivity index is 2.13. The summed E-state index contributed by atoms with van der Waals surface area (Å²) in [7, 11) is 1.84. The van der Waals surface area contributed by atoms with Crippen LogP contribution in [0.3, 0.4) is 0 Å². The van der Waals surface area contributed by atoms with Crippen LogP contribution < -0.4 is 11.1 Å². The number of amidine groups is 1. The third-order valence-electron chi connectivity index (χ3n) is 3.17. The van der Waals surface area contributed by atoms with Crippen molar-refractivity contribution in [2.75, 3.05) is 5.32 Å². The number of aromatic nitrogens is 2. The monoisotopic (exact) mass is 291 g/mol. The predicted molar refractivity (Wildman–Crippen MR) is 78.8 cm³/mol. The van der Waals surface area contributed by atoms with Gasteiger partial charge in [0.05, 0.1) is 11.4 Å². The molecule has 0 atom stereocenters. The Morgan fingerprint density at radius 3 is 2.90 bits per heavy atom. The van der Waals surface area contributed by atoms with Crippen LogP contribution in [0.25, 0.3) is 0 Å². The van der Waals surface area contributed by atoms with Gasteiger partial charge in [0.25, 0.3) is 0 Å².